The molecule has 1 aromatic rings. The summed E-state index contributed by atoms with van der Waals surface area (Å²) in [6.07, 6.45) is 2.86. The minimum atomic E-state index is -1.06. The lowest BCUT2D eigenvalue weighted by Crippen LogP contribution is -2.37. The molecule has 0 amide bonds. The van der Waals surface area contributed by atoms with Crippen LogP contribution in [0.25, 0.3) is 0 Å². The fourth-order valence-corrected chi connectivity index (χ4v) is 1.84. The van der Waals surface area contributed by atoms with Gasteiger partial charge in [-0.05, 0) is 31.8 Å². The molecule has 1 unspecified atom stereocenters. The molecule has 4 nitrogen and oxygen atoms in total. The van der Waals surface area contributed by atoms with E-state index in [1.165, 1.54) is 6.92 Å². The summed E-state index contributed by atoms with van der Waals surface area (Å²) < 4.78 is 5.36. The van der Waals surface area contributed by atoms with Crippen molar-refractivity contribution in [2.24, 2.45) is 5.16 Å². The second-order valence-electron chi connectivity index (χ2n) is 5.47. The number of benzene rings is 1. The number of carbonyl (C=O) groups excluding carboxylic acids is 1. The Morgan fingerprint density at radius 2 is 1.96 bits per heavy atom. The maximum absolute atomic E-state index is 11.4. The maximum Gasteiger partial charge on any atom is 0.304 e. The summed E-state index contributed by atoms with van der Waals surface area (Å²) in [5.74, 6) is 5.67. The second kappa shape index (κ2) is 9.68. The van der Waals surface area contributed by atoms with Crippen molar-refractivity contribution >= 4 is 11.7 Å². The molecule has 0 saturated carbocycles. The Hall–Kier alpha value is -2.28. The third-order valence-corrected chi connectivity index (χ3v) is 3.30. The van der Waals surface area contributed by atoms with Gasteiger partial charge in [0, 0.05) is 13.3 Å². The predicted molar refractivity (Wildman–Crippen MR) is 91.8 cm³/mol. The van der Waals surface area contributed by atoms with Crippen molar-refractivity contribution in [2.45, 2.75) is 59.2 Å². The molecule has 0 N–H and O–H groups in total. The van der Waals surface area contributed by atoms with E-state index < -0.39 is 11.6 Å². The molecular weight excluding hydrogens is 290 g/mol. The summed E-state index contributed by atoms with van der Waals surface area (Å²) in [5, 5.41) is 4.08. The smallest absolute Gasteiger partial charge is 0.304 e. The van der Waals surface area contributed by atoms with E-state index in [0.29, 0.717) is 12.3 Å². The fourth-order valence-electron chi connectivity index (χ4n) is 1.84. The number of oxime groups is 1. The average Bonchev–Trinajstić information content (AvgIpc) is 2.52. The number of ether oxygens (including phenoxy) is 1. The first-order valence-electron chi connectivity index (χ1n) is 7.88. The molecule has 0 saturated heterocycles. The summed E-state index contributed by atoms with van der Waals surface area (Å²) in [5.41, 5.74) is 0.482. The van der Waals surface area contributed by atoms with Crippen LogP contribution in [-0.4, -0.2) is 17.3 Å². The van der Waals surface area contributed by atoms with Crippen LogP contribution < -0.4 is 0 Å². The summed E-state index contributed by atoms with van der Waals surface area (Å²) in [6, 6.07) is 9.75. The molecule has 0 heterocycles. The number of rotatable bonds is 7. The summed E-state index contributed by atoms with van der Waals surface area (Å²) in [4.78, 5) is 16.7. The molecule has 1 rings (SSSR count). The standard InChI is InChI=1S/C19H25NO3/c1-5-6-7-11-14-19(4,23-17(3)21)16(2)20-22-15-18-12-9-8-10-13-18/h8-10,12-13H,5-7,15H2,1-4H3/b20-16+. The molecule has 1 atom stereocenters. The van der Waals surface area contributed by atoms with Crippen LogP contribution in [0.1, 0.15) is 52.5 Å². The molecule has 0 bridgehead atoms. The zero-order valence-corrected chi connectivity index (χ0v) is 14.4. The number of carbonyl (C=O) groups is 1. The number of nitrogens with zero attached hydrogens (tertiary/aromatic N) is 1. The number of esters is 1. The van der Waals surface area contributed by atoms with Crippen LogP contribution in [0.4, 0.5) is 0 Å². The molecule has 0 spiro atoms. The monoisotopic (exact) mass is 315 g/mol. The lowest BCUT2D eigenvalue weighted by molar-refractivity contribution is -0.146. The minimum absolute atomic E-state index is 0.359. The van der Waals surface area contributed by atoms with Crippen molar-refractivity contribution in [3.8, 4) is 11.8 Å². The van der Waals surface area contributed by atoms with Crippen LogP contribution >= 0.6 is 0 Å². The molecule has 0 aliphatic heterocycles. The first-order valence-corrected chi connectivity index (χ1v) is 7.88. The van der Waals surface area contributed by atoms with Gasteiger partial charge < -0.3 is 9.57 Å². The van der Waals surface area contributed by atoms with Gasteiger partial charge in [0.25, 0.3) is 0 Å². The van der Waals surface area contributed by atoms with Crippen LogP contribution in [0.3, 0.4) is 0 Å². The zero-order chi connectivity index (χ0) is 17.1. The van der Waals surface area contributed by atoms with Gasteiger partial charge in [-0.15, -0.1) is 0 Å². The Kier molecular flexibility index (Phi) is 7.90. The van der Waals surface area contributed by atoms with E-state index in [9.17, 15) is 4.79 Å². The van der Waals surface area contributed by atoms with Gasteiger partial charge in [-0.2, -0.15) is 0 Å². The largest absolute Gasteiger partial charge is 0.440 e. The van der Waals surface area contributed by atoms with Crippen molar-refractivity contribution < 1.29 is 14.4 Å². The van der Waals surface area contributed by atoms with Crippen molar-refractivity contribution in [1.29, 1.82) is 0 Å². The average molecular weight is 315 g/mol. The molecule has 1 aromatic carbocycles. The van der Waals surface area contributed by atoms with E-state index in [-0.39, 0.29) is 0 Å². The van der Waals surface area contributed by atoms with Crippen LogP contribution in [0, 0.1) is 11.8 Å². The summed E-state index contributed by atoms with van der Waals surface area (Å²) in [6.45, 7) is 7.32. The van der Waals surface area contributed by atoms with Gasteiger partial charge in [0.05, 0.1) is 0 Å². The molecule has 23 heavy (non-hydrogen) atoms. The van der Waals surface area contributed by atoms with Crippen LogP contribution in [-0.2, 0) is 21.0 Å². The highest BCUT2D eigenvalue weighted by Crippen LogP contribution is 2.14. The van der Waals surface area contributed by atoms with Crippen LogP contribution in [0.5, 0.6) is 0 Å². The molecule has 0 radical (unpaired) electrons. The van der Waals surface area contributed by atoms with E-state index >= 15 is 0 Å². The number of unbranched alkanes of at least 4 members (excludes halogenated alkanes) is 2. The van der Waals surface area contributed by atoms with Crippen molar-refractivity contribution in [3.63, 3.8) is 0 Å². The molecule has 124 valence electrons. The van der Waals surface area contributed by atoms with Gasteiger partial charge in [-0.3, -0.25) is 4.79 Å². The van der Waals surface area contributed by atoms with Crippen LogP contribution in [0.15, 0.2) is 35.5 Å². The normalized spacial score (nSPS) is 13.5. The van der Waals surface area contributed by atoms with E-state index in [1.807, 2.05) is 30.3 Å². The van der Waals surface area contributed by atoms with Gasteiger partial charge in [-0.25, -0.2) is 0 Å². The van der Waals surface area contributed by atoms with E-state index in [0.717, 1.165) is 24.8 Å². The number of hydrogen-bond acceptors (Lipinski definition) is 4. The first-order chi connectivity index (χ1) is 11.0. The highest BCUT2D eigenvalue weighted by Gasteiger charge is 2.30. The highest BCUT2D eigenvalue weighted by molar-refractivity contribution is 5.94. The van der Waals surface area contributed by atoms with Crippen molar-refractivity contribution in [3.05, 3.63) is 35.9 Å². The Bertz CT molecular complexity index is 584. The first kappa shape index (κ1) is 18.8. The van der Waals surface area contributed by atoms with Gasteiger partial charge in [0.15, 0.2) is 0 Å². The quantitative estimate of drug-likeness (QED) is 0.250. The van der Waals surface area contributed by atoms with Gasteiger partial charge in [-0.1, -0.05) is 54.8 Å². The van der Waals surface area contributed by atoms with Gasteiger partial charge in [0.2, 0.25) is 5.60 Å². The zero-order valence-electron chi connectivity index (χ0n) is 14.4. The predicted octanol–water partition coefficient (Wildman–Crippen LogP) is 4.09. The lowest BCUT2D eigenvalue weighted by Gasteiger charge is -2.22. The van der Waals surface area contributed by atoms with Crippen LogP contribution in [0.2, 0.25) is 0 Å². The molecule has 0 fully saturated rings. The summed E-state index contributed by atoms with van der Waals surface area (Å²) >= 11 is 0. The minimum Gasteiger partial charge on any atom is -0.440 e. The topological polar surface area (TPSA) is 47.9 Å². The maximum atomic E-state index is 11.4. The molecule has 0 aromatic heterocycles. The van der Waals surface area contributed by atoms with Crippen molar-refractivity contribution in [2.75, 3.05) is 0 Å². The Morgan fingerprint density at radius 3 is 2.57 bits per heavy atom. The fraction of sp³-hybridized carbons (Fsp3) is 0.474. The van der Waals surface area contributed by atoms with Crippen molar-refractivity contribution in [1.82, 2.24) is 0 Å². The van der Waals surface area contributed by atoms with Gasteiger partial charge >= 0.3 is 5.97 Å². The SMILES string of the molecule is CCCCC#CC(C)(OC(C)=O)/C(C)=N/OCc1ccccc1. The third kappa shape index (κ3) is 7.01. The third-order valence-electron chi connectivity index (χ3n) is 3.30. The molecule has 0 aliphatic rings. The van der Waals surface area contributed by atoms with E-state index in [4.69, 9.17) is 9.57 Å². The molecule has 0 aliphatic carbocycles. The Morgan fingerprint density at radius 1 is 1.26 bits per heavy atom. The Balaban J connectivity index is 2.76. The second-order valence-corrected chi connectivity index (χ2v) is 5.47. The van der Waals surface area contributed by atoms with E-state index in [1.54, 1.807) is 13.8 Å². The van der Waals surface area contributed by atoms with Gasteiger partial charge in [0.1, 0.15) is 12.3 Å². The number of hydrogen-bond donors (Lipinski definition) is 0. The highest BCUT2D eigenvalue weighted by atomic mass is 16.6. The molecular formula is C19H25NO3. The Labute approximate surface area is 138 Å². The van der Waals surface area contributed by atoms with E-state index in [2.05, 4.69) is 23.9 Å². The molecule has 4 heteroatoms. The summed E-state index contributed by atoms with van der Waals surface area (Å²) in [7, 11) is 0. The lowest BCUT2D eigenvalue weighted by atomic mass is 10.0.